The molecular formula is C11H12BrNO3. The molecule has 16 heavy (non-hydrogen) atoms. The summed E-state index contributed by atoms with van der Waals surface area (Å²) in [6.07, 6.45) is 0.801. The minimum absolute atomic E-state index is 0.687. The van der Waals surface area contributed by atoms with Crippen LogP contribution in [0.5, 0.6) is 11.5 Å². The van der Waals surface area contributed by atoms with Gasteiger partial charge < -0.3 is 14.0 Å². The molecule has 0 unspecified atom stereocenters. The highest BCUT2D eigenvalue weighted by atomic mass is 79.9. The lowest BCUT2D eigenvalue weighted by Crippen LogP contribution is -1.91. The van der Waals surface area contributed by atoms with Gasteiger partial charge in [0, 0.05) is 23.9 Å². The quantitative estimate of drug-likeness (QED) is 0.811. The zero-order chi connectivity index (χ0) is 11.5. The van der Waals surface area contributed by atoms with Crippen LogP contribution in [-0.4, -0.2) is 24.7 Å². The number of methoxy groups -OCH3 is 2. The second kappa shape index (κ2) is 4.74. The van der Waals surface area contributed by atoms with Crippen molar-refractivity contribution in [3.05, 3.63) is 17.8 Å². The molecule has 0 saturated heterocycles. The van der Waals surface area contributed by atoms with E-state index in [2.05, 4.69) is 21.1 Å². The lowest BCUT2D eigenvalue weighted by Gasteiger charge is -2.05. The van der Waals surface area contributed by atoms with E-state index < -0.39 is 0 Å². The van der Waals surface area contributed by atoms with Crippen LogP contribution in [0, 0.1) is 0 Å². The molecule has 0 aliphatic heterocycles. The monoisotopic (exact) mass is 285 g/mol. The van der Waals surface area contributed by atoms with Gasteiger partial charge in [-0.05, 0) is 0 Å². The third-order valence-electron chi connectivity index (χ3n) is 2.37. The Balaban J connectivity index is 2.62. The van der Waals surface area contributed by atoms with Gasteiger partial charge in [0.15, 0.2) is 5.58 Å². The summed E-state index contributed by atoms with van der Waals surface area (Å²) in [6, 6.07) is 3.64. The molecule has 0 aliphatic rings. The van der Waals surface area contributed by atoms with Gasteiger partial charge in [-0.1, -0.05) is 21.1 Å². The number of fused-ring (bicyclic) bond motifs is 1. The van der Waals surface area contributed by atoms with Gasteiger partial charge in [-0.15, -0.1) is 0 Å². The van der Waals surface area contributed by atoms with Crippen LogP contribution in [0.2, 0.25) is 0 Å². The van der Waals surface area contributed by atoms with Crippen molar-refractivity contribution in [3.63, 3.8) is 0 Å². The zero-order valence-corrected chi connectivity index (χ0v) is 10.7. The molecule has 5 heteroatoms. The largest absolute Gasteiger partial charge is 0.496 e. The van der Waals surface area contributed by atoms with Crippen molar-refractivity contribution in [1.29, 1.82) is 0 Å². The summed E-state index contributed by atoms with van der Waals surface area (Å²) >= 11 is 3.38. The van der Waals surface area contributed by atoms with Gasteiger partial charge in [0.1, 0.15) is 11.5 Å². The number of aromatic nitrogens is 1. The Hall–Kier alpha value is -1.23. The fourth-order valence-corrected chi connectivity index (χ4v) is 1.99. The van der Waals surface area contributed by atoms with Crippen molar-refractivity contribution >= 4 is 26.9 Å². The normalized spacial score (nSPS) is 10.7. The van der Waals surface area contributed by atoms with Crippen LogP contribution >= 0.6 is 15.9 Å². The summed E-state index contributed by atoms with van der Waals surface area (Å²) < 4.78 is 15.7. The third kappa shape index (κ3) is 1.87. The molecule has 0 atom stereocenters. The molecule has 0 spiro atoms. The maximum absolute atomic E-state index is 5.32. The van der Waals surface area contributed by atoms with Crippen LogP contribution in [0.25, 0.3) is 11.0 Å². The zero-order valence-electron chi connectivity index (χ0n) is 9.12. The van der Waals surface area contributed by atoms with Gasteiger partial charge >= 0.3 is 0 Å². The number of aryl methyl sites for hydroxylation is 1. The lowest BCUT2D eigenvalue weighted by atomic mass is 10.1. The molecule has 0 saturated carbocycles. The average molecular weight is 286 g/mol. The van der Waals surface area contributed by atoms with E-state index in [9.17, 15) is 0 Å². The Morgan fingerprint density at radius 3 is 2.75 bits per heavy atom. The molecule has 0 bridgehead atoms. The fourth-order valence-electron chi connectivity index (χ4n) is 1.61. The standard InChI is InChI=1S/C11H12BrNO3/c1-14-7-5-9(15-2)11-8(3-4-12)13-16-10(11)6-7/h5-6H,3-4H2,1-2H3. The predicted molar refractivity (Wildman–Crippen MR) is 64.6 cm³/mol. The number of rotatable bonds is 4. The first-order chi connectivity index (χ1) is 7.80. The molecule has 86 valence electrons. The maximum atomic E-state index is 5.32. The Bertz CT molecular complexity index is 495. The van der Waals surface area contributed by atoms with Gasteiger partial charge in [-0.3, -0.25) is 0 Å². The molecule has 1 heterocycles. The number of hydrogen-bond donors (Lipinski definition) is 0. The number of alkyl halides is 1. The highest BCUT2D eigenvalue weighted by molar-refractivity contribution is 9.09. The van der Waals surface area contributed by atoms with Crippen molar-refractivity contribution in [2.24, 2.45) is 0 Å². The van der Waals surface area contributed by atoms with Crippen molar-refractivity contribution in [3.8, 4) is 11.5 Å². The molecule has 0 N–H and O–H groups in total. The minimum atomic E-state index is 0.687. The molecule has 0 aliphatic carbocycles. The van der Waals surface area contributed by atoms with Gasteiger partial charge in [0.05, 0.1) is 25.3 Å². The molecule has 2 rings (SSSR count). The van der Waals surface area contributed by atoms with E-state index in [0.717, 1.165) is 28.6 Å². The number of benzene rings is 1. The first-order valence-electron chi connectivity index (χ1n) is 4.86. The Morgan fingerprint density at radius 2 is 2.12 bits per heavy atom. The highest BCUT2D eigenvalue weighted by Crippen LogP contribution is 2.33. The first kappa shape index (κ1) is 11.3. The van der Waals surface area contributed by atoms with Crippen LogP contribution in [0.15, 0.2) is 16.7 Å². The Kier molecular flexibility index (Phi) is 3.33. The van der Waals surface area contributed by atoms with Crippen LogP contribution in [-0.2, 0) is 6.42 Å². The Labute approximate surface area is 102 Å². The summed E-state index contributed by atoms with van der Waals surface area (Å²) in [6.45, 7) is 0. The van der Waals surface area contributed by atoms with Crippen molar-refractivity contribution in [2.45, 2.75) is 6.42 Å². The maximum Gasteiger partial charge on any atom is 0.174 e. The van der Waals surface area contributed by atoms with E-state index in [1.165, 1.54) is 0 Å². The van der Waals surface area contributed by atoms with Crippen molar-refractivity contribution < 1.29 is 14.0 Å². The molecule has 0 radical (unpaired) electrons. The molecule has 1 aromatic heterocycles. The van der Waals surface area contributed by atoms with E-state index in [0.29, 0.717) is 11.3 Å². The molecule has 2 aromatic rings. The lowest BCUT2D eigenvalue weighted by molar-refractivity contribution is 0.395. The summed E-state index contributed by atoms with van der Waals surface area (Å²) in [5, 5.41) is 5.78. The summed E-state index contributed by atoms with van der Waals surface area (Å²) in [7, 11) is 3.23. The van der Waals surface area contributed by atoms with Crippen LogP contribution in [0.3, 0.4) is 0 Å². The van der Waals surface area contributed by atoms with Gasteiger partial charge in [-0.2, -0.15) is 0 Å². The van der Waals surface area contributed by atoms with Crippen molar-refractivity contribution in [2.75, 3.05) is 19.5 Å². The first-order valence-corrected chi connectivity index (χ1v) is 5.98. The van der Waals surface area contributed by atoms with E-state index in [-0.39, 0.29) is 0 Å². The van der Waals surface area contributed by atoms with E-state index in [1.807, 2.05) is 12.1 Å². The van der Waals surface area contributed by atoms with Crippen LogP contribution in [0.4, 0.5) is 0 Å². The topological polar surface area (TPSA) is 44.5 Å². The number of halogens is 1. The Morgan fingerprint density at radius 1 is 1.31 bits per heavy atom. The SMILES string of the molecule is COc1cc(OC)c2c(CCBr)noc2c1. The number of hydrogen-bond acceptors (Lipinski definition) is 4. The second-order valence-electron chi connectivity index (χ2n) is 3.27. The average Bonchev–Trinajstić information content (AvgIpc) is 2.72. The number of nitrogens with zero attached hydrogens (tertiary/aromatic N) is 1. The fraction of sp³-hybridized carbons (Fsp3) is 0.364. The smallest absolute Gasteiger partial charge is 0.174 e. The molecule has 0 fully saturated rings. The van der Waals surface area contributed by atoms with Gasteiger partial charge in [0.2, 0.25) is 0 Å². The van der Waals surface area contributed by atoms with Crippen LogP contribution in [0.1, 0.15) is 5.69 Å². The van der Waals surface area contributed by atoms with Gasteiger partial charge in [-0.25, -0.2) is 0 Å². The van der Waals surface area contributed by atoms with Crippen LogP contribution < -0.4 is 9.47 Å². The van der Waals surface area contributed by atoms with E-state index >= 15 is 0 Å². The second-order valence-corrected chi connectivity index (χ2v) is 4.06. The summed E-state index contributed by atoms with van der Waals surface area (Å²) in [5.74, 6) is 1.43. The van der Waals surface area contributed by atoms with Crippen molar-refractivity contribution in [1.82, 2.24) is 5.16 Å². The number of ether oxygens (including phenoxy) is 2. The molecule has 1 aromatic carbocycles. The molecule has 4 nitrogen and oxygen atoms in total. The predicted octanol–water partition coefficient (Wildman–Crippen LogP) is 2.78. The van der Waals surface area contributed by atoms with E-state index in [1.54, 1.807) is 14.2 Å². The molecule has 0 amide bonds. The minimum Gasteiger partial charge on any atom is -0.496 e. The van der Waals surface area contributed by atoms with E-state index in [4.69, 9.17) is 14.0 Å². The summed E-state index contributed by atoms with van der Waals surface area (Å²) in [4.78, 5) is 0. The third-order valence-corrected chi connectivity index (χ3v) is 2.77. The van der Waals surface area contributed by atoms with Gasteiger partial charge in [0.25, 0.3) is 0 Å². The molecular weight excluding hydrogens is 274 g/mol. The summed E-state index contributed by atoms with van der Waals surface area (Å²) in [5.41, 5.74) is 1.58. The highest BCUT2D eigenvalue weighted by Gasteiger charge is 2.14.